The molecule has 0 aliphatic heterocycles. The zero-order valence-corrected chi connectivity index (χ0v) is 14.0. The van der Waals surface area contributed by atoms with Crippen LogP contribution >= 0.6 is 11.6 Å². The summed E-state index contributed by atoms with van der Waals surface area (Å²) >= 11 is 6.12. The number of rotatable bonds is 3. The molecule has 1 amide bonds. The number of hydrogen-bond donors (Lipinski definition) is 2. The Balaban J connectivity index is 2.29. The lowest BCUT2D eigenvalue weighted by Crippen LogP contribution is -2.17. The Morgan fingerprint density at radius 1 is 1.17 bits per heavy atom. The van der Waals surface area contributed by atoms with Crippen molar-refractivity contribution in [3.8, 4) is 22.5 Å². The molecule has 0 saturated carbocycles. The van der Waals surface area contributed by atoms with Crippen LogP contribution in [0.2, 0.25) is 5.02 Å². The predicted octanol–water partition coefficient (Wildman–Crippen LogP) is 2.79. The molecule has 0 fully saturated rings. The molecule has 0 aliphatic carbocycles. The van der Waals surface area contributed by atoms with Crippen molar-refractivity contribution in [2.75, 3.05) is 5.73 Å². The largest absolute Gasteiger partial charge is 0.384 e. The summed E-state index contributed by atoms with van der Waals surface area (Å²) < 4.78 is 1.71. The SMILES string of the molecule is Cc1ccc(Cl)cc1-c1cc(-c2cc(N)ncn2)n(C)c1C(N)=O. The highest BCUT2D eigenvalue weighted by atomic mass is 35.5. The predicted molar refractivity (Wildman–Crippen MR) is 94.6 cm³/mol. The monoisotopic (exact) mass is 341 g/mol. The summed E-state index contributed by atoms with van der Waals surface area (Å²) in [5.41, 5.74) is 15.6. The Morgan fingerprint density at radius 3 is 2.58 bits per heavy atom. The Bertz CT molecular complexity index is 948. The number of nitrogens with two attached hydrogens (primary N) is 2. The van der Waals surface area contributed by atoms with E-state index in [0.717, 1.165) is 11.1 Å². The van der Waals surface area contributed by atoms with Gasteiger partial charge in [-0.3, -0.25) is 4.79 Å². The van der Waals surface area contributed by atoms with Gasteiger partial charge < -0.3 is 16.0 Å². The molecule has 0 spiro atoms. The first-order valence-corrected chi connectivity index (χ1v) is 7.60. The fourth-order valence-corrected chi connectivity index (χ4v) is 2.92. The Labute approximate surface area is 144 Å². The number of aryl methyl sites for hydroxylation is 1. The van der Waals surface area contributed by atoms with Gasteiger partial charge in [0, 0.05) is 23.7 Å². The van der Waals surface area contributed by atoms with E-state index in [2.05, 4.69) is 9.97 Å². The quantitative estimate of drug-likeness (QED) is 0.765. The smallest absolute Gasteiger partial charge is 0.265 e. The van der Waals surface area contributed by atoms with Crippen LogP contribution in [-0.4, -0.2) is 20.4 Å². The number of halogens is 1. The second-order valence-corrected chi connectivity index (χ2v) is 5.94. The van der Waals surface area contributed by atoms with Gasteiger partial charge in [0.25, 0.3) is 5.91 Å². The first kappa shape index (κ1) is 16.0. The van der Waals surface area contributed by atoms with Crippen molar-refractivity contribution in [3.63, 3.8) is 0 Å². The lowest BCUT2D eigenvalue weighted by Gasteiger charge is -2.08. The summed E-state index contributed by atoms with van der Waals surface area (Å²) in [6.07, 6.45) is 1.38. The molecule has 3 aromatic rings. The zero-order chi connectivity index (χ0) is 17.4. The van der Waals surface area contributed by atoms with Crippen molar-refractivity contribution in [1.82, 2.24) is 14.5 Å². The molecule has 2 aromatic heterocycles. The number of anilines is 1. The van der Waals surface area contributed by atoms with Gasteiger partial charge in [0.15, 0.2) is 0 Å². The highest BCUT2D eigenvalue weighted by Crippen LogP contribution is 2.34. The Morgan fingerprint density at radius 2 is 1.92 bits per heavy atom. The zero-order valence-electron chi connectivity index (χ0n) is 13.2. The Kier molecular flexibility index (Phi) is 3.99. The van der Waals surface area contributed by atoms with Gasteiger partial charge in [0.05, 0.1) is 11.4 Å². The summed E-state index contributed by atoms with van der Waals surface area (Å²) in [5, 5.41) is 0.586. The van der Waals surface area contributed by atoms with Crippen molar-refractivity contribution in [2.45, 2.75) is 6.92 Å². The summed E-state index contributed by atoms with van der Waals surface area (Å²) in [6, 6.07) is 9.03. The number of nitrogens with zero attached hydrogens (tertiary/aromatic N) is 3. The van der Waals surface area contributed by atoms with Crippen molar-refractivity contribution in [2.24, 2.45) is 12.8 Å². The van der Waals surface area contributed by atoms with Crippen molar-refractivity contribution in [1.29, 1.82) is 0 Å². The van der Waals surface area contributed by atoms with Gasteiger partial charge in [0.2, 0.25) is 0 Å². The van der Waals surface area contributed by atoms with Crippen LogP contribution < -0.4 is 11.5 Å². The van der Waals surface area contributed by atoms with Gasteiger partial charge in [-0.25, -0.2) is 9.97 Å². The van der Waals surface area contributed by atoms with Crippen LogP contribution in [0, 0.1) is 6.92 Å². The minimum Gasteiger partial charge on any atom is -0.384 e. The van der Waals surface area contributed by atoms with Gasteiger partial charge in [-0.2, -0.15) is 0 Å². The van der Waals surface area contributed by atoms with E-state index in [4.69, 9.17) is 23.1 Å². The number of hydrogen-bond acceptors (Lipinski definition) is 4. The maximum atomic E-state index is 12.0. The van der Waals surface area contributed by atoms with Crippen LogP contribution in [0.3, 0.4) is 0 Å². The fraction of sp³-hybridized carbons (Fsp3) is 0.118. The molecule has 4 N–H and O–H groups in total. The third kappa shape index (κ3) is 2.72. The Hall–Kier alpha value is -2.86. The van der Waals surface area contributed by atoms with E-state index in [1.165, 1.54) is 6.33 Å². The van der Waals surface area contributed by atoms with Crippen LogP contribution in [0.1, 0.15) is 16.1 Å². The maximum absolute atomic E-state index is 12.0. The molecule has 0 bridgehead atoms. The summed E-state index contributed by atoms with van der Waals surface area (Å²) in [7, 11) is 1.76. The number of carbonyl (C=O) groups excluding carboxylic acids is 1. The summed E-state index contributed by atoms with van der Waals surface area (Å²) in [4.78, 5) is 20.2. The lowest BCUT2D eigenvalue weighted by molar-refractivity contribution is 0.0993. The highest BCUT2D eigenvalue weighted by molar-refractivity contribution is 6.31. The van der Waals surface area contributed by atoms with Crippen molar-refractivity contribution < 1.29 is 4.79 Å². The minimum atomic E-state index is -0.528. The van der Waals surface area contributed by atoms with Crippen molar-refractivity contribution in [3.05, 3.63) is 52.9 Å². The minimum absolute atomic E-state index is 0.349. The van der Waals surface area contributed by atoms with E-state index in [9.17, 15) is 4.79 Å². The topological polar surface area (TPSA) is 99.8 Å². The second-order valence-electron chi connectivity index (χ2n) is 5.50. The fourth-order valence-electron chi connectivity index (χ4n) is 2.75. The van der Waals surface area contributed by atoms with E-state index in [0.29, 0.717) is 33.5 Å². The van der Waals surface area contributed by atoms with Crippen LogP contribution in [0.25, 0.3) is 22.5 Å². The molecule has 0 saturated heterocycles. The van der Waals surface area contributed by atoms with Crippen molar-refractivity contribution >= 4 is 23.3 Å². The molecule has 122 valence electrons. The number of amides is 1. The molecular weight excluding hydrogens is 326 g/mol. The van der Waals surface area contributed by atoms with E-state index >= 15 is 0 Å². The first-order valence-electron chi connectivity index (χ1n) is 7.22. The summed E-state index contributed by atoms with van der Waals surface area (Å²) in [6.45, 7) is 1.95. The van der Waals surface area contributed by atoms with E-state index in [1.807, 2.05) is 25.1 Å². The number of nitrogen functional groups attached to an aromatic ring is 1. The number of primary amides is 1. The first-order chi connectivity index (χ1) is 11.4. The molecular formula is C17H16ClN5O. The maximum Gasteiger partial charge on any atom is 0.265 e. The van der Waals surface area contributed by atoms with E-state index in [-0.39, 0.29) is 0 Å². The molecule has 0 unspecified atom stereocenters. The average molecular weight is 342 g/mol. The lowest BCUT2D eigenvalue weighted by atomic mass is 10.00. The molecule has 0 aliphatic rings. The van der Waals surface area contributed by atoms with E-state index < -0.39 is 5.91 Å². The normalized spacial score (nSPS) is 10.8. The van der Waals surface area contributed by atoms with Crippen LogP contribution in [0.15, 0.2) is 36.7 Å². The van der Waals surface area contributed by atoms with Crippen LogP contribution in [0.5, 0.6) is 0 Å². The molecule has 6 nitrogen and oxygen atoms in total. The standard InChI is InChI=1S/C17H16ClN5O/c1-9-3-4-10(18)5-11(9)12-6-14(23(2)16(12)17(20)24)13-7-15(19)22-8-21-13/h3-8H,1-2H3,(H2,20,24)(H2,19,21,22). The molecule has 24 heavy (non-hydrogen) atoms. The third-order valence-corrected chi connectivity index (χ3v) is 4.14. The van der Waals surface area contributed by atoms with Gasteiger partial charge in [0.1, 0.15) is 17.8 Å². The van der Waals surface area contributed by atoms with Gasteiger partial charge in [-0.15, -0.1) is 0 Å². The average Bonchev–Trinajstić information content (AvgIpc) is 2.87. The van der Waals surface area contributed by atoms with Gasteiger partial charge >= 0.3 is 0 Å². The molecule has 0 radical (unpaired) electrons. The molecule has 2 heterocycles. The van der Waals surface area contributed by atoms with Gasteiger partial charge in [-0.1, -0.05) is 17.7 Å². The van der Waals surface area contributed by atoms with Crippen LogP contribution in [-0.2, 0) is 7.05 Å². The van der Waals surface area contributed by atoms with E-state index in [1.54, 1.807) is 23.7 Å². The summed E-state index contributed by atoms with van der Waals surface area (Å²) in [5.74, 6) is -0.178. The molecule has 7 heteroatoms. The molecule has 3 rings (SSSR count). The molecule has 1 aromatic carbocycles. The second kappa shape index (κ2) is 5.98. The number of benzene rings is 1. The molecule has 0 atom stereocenters. The highest BCUT2D eigenvalue weighted by Gasteiger charge is 2.21. The van der Waals surface area contributed by atoms with Gasteiger partial charge in [-0.05, 0) is 36.2 Å². The third-order valence-electron chi connectivity index (χ3n) is 3.91. The van der Waals surface area contributed by atoms with Crippen LogP contribution in [0.4, 0.5) is 5.82 Å². The number of aromatic nitrogens is 3. The number of carbonyl (C=O) groups is 1.